The number of hydrogen-bond acceptors (Lipinski definition) is 4. The van der Waals surface area contributed by atoms with Crippen molar-refractivity contribution in [1.82, 2.24) is 0 Å². The smallest absolute Gasteiger partial charge is 0.252 e. The first-order valence-corrected chi connectivity index (χ1v) is 6.48. The predicted octanol–water partition coefficient (Wildman–Crippen LogP) is 2.73. The van der Waals surface area contributed by atoms with Gasteiger partial charge in [0.2, 0.25) is 0 Å². The van der Waals surface area contributed by atoms with E-state index in [0.29, 0.717) is 22.1 Å². The minimum atomic E-state index is -0.640. The van der Waals surface area contributed by atoms with Crippen molar-refractivity contribution in [1.29, 1.82) is 0 Å². The lowest BCUT2D eigenvalue weighted by molar-refractivity contribution is 0.0998. The molecule has 0 atom stereocenters. The minimum absolute atomic E-state index is 0.107. The van der Waals surface area contributed by atoms with Crippen LogP contribution < -0.4 is 15.2 Å². The average molecular weight is 308 g/mol. The number of primary amides is 1. The molecule has 0 fully saturated rings. The van der Waals surface area contributed by atoms with Crippen LogP contribution in [0.4, 0.5) is 0 Å². The number of methoxy groups -OCH3 is 1. The Morgan fingerprint density at radius 3 is 2.52 bits per heavy atom. The Bertz CT molecular complexity index is 673. The number of amides is 1. The third kappa shape index (κ3) is 3.45. The number of benzene rings is 2. The first kappa shape index (κ1) is 15.2. The second kappa shape index (κ2) is 6.47. The molecule has 5 nitrogen and oxygen atoms in total. The standard InChI is InChI=1S/C15H14ClNO4/c1-20-14-6-9(8-18)2-4-13(14)21-12-5-3-10(16)7-11(12)15(17)19/h2-7,18H,8H2,1H3,(H2,17,19). The topological polar surface area (TPSA) is 81.8 Å². The summed E-state index contributed by atoms with van der Waals surface area (Å²) in [5.41, 5.74) is 6.17. The van der Waals surface area contributed by atoms with Crippen LogP contribution in [0.5, 0.6) is 17.2 Å². The van der Waals surface area contributed by atoms with Crippen LogP contribution in [0.25, 0.3) is 0 Å². The highest BCUT2D eigenvalue weighted by atomic mass is 35.5. The Morgan fingerprint density at radius 2 is 1.90 bits per heavy atom. The van der Waals surface area contributed by atoms with Crippen LogP contribution >= 0.6 is 11.6 Å². The summed E-state index contributed by atoms with van der Waals surface area (Å²) >= 11 is 5.85. The molecule has 0 aliphatic heterocycles. The molecule has 0 radical (unpaired) electrons. The number of nitrogens with two attached hydrogens (primary N) is 1. The molecule has 1 amide bonds. The number of aliphatic hydroxyl groups is 1. The third-order valence-corrected chi connectivity index (χ3v) is 3.07. The van der Waals surface area contributed by atoms with Crippen LogP contribution in [0.2, 0.25) is 5.02 Å². The number of carbonyl (C=O) groups is 1. The zero-order valence-corrected chi connectivity index (χ0v) is 12.1. The molecule has 0 heterocycles. The van der Waals surface area contributed by atoms with Gasteiger partial charge in [-0.1, -0.05) is 17.7 Å². The molecule has 6 heteroatoms. The van der Waals surface area contributed by atoms with Gasteiger partial charge in [0.1, 0.15) is 5.75 Å². The van der Waals surface area contributed by atoms with Crippen LogP contribution in [-0.4, -0.2) is 18.1 Å². The monoisotopic (exact) mass is 307 g/mol. The number of carbonyl (C=O) groups excluding carboxylic acids is 1. The number of hydrogen-bond donors (Lipinski definition) is 2. The lowest BCUT2D eigenvalue weighted by Gasteiger charge is -2.13. The summed E-state index contributed by atoms with van der Waals surface area (Å²) in [6, 6.07) is 9.57. The first-order valence-electron chi connectivity index (χ1n) is 6.10. The van der Waals surface area contributed by atoms with E-state index in [0.717, 1.165) is 0 Å². The number of rotatable bonds is 5. The van der Waals surface area contributed by atoms with Crippen molar-refractivity contribution in [3.63, 3.8) is 0 Å². The molecule has 0 bridgehead atoms. The summed E-state index contributed by atoms with van der Waals surface area (Å²) in [5.74, 6) is 0.479. The van der Waals surface area contributed by atoms with Crippen molar-refractivity contribution in [2.75, 3.05) is 7.11 Å². The van der Waals surface area contributed by atoms with E-state index in [9.17, 15) is 4.79 Å². The number of halogens is 1. The van der Waals surface area contributed by atoms with Gasteiger partial charge < -0.3 is 20.3 Å². The Kier molecular flexibility index (Phi) is 4.67. The van der Waals surface area contributed by atoms with Gasteiger partial charge in [-0.25, -0.2) is 0 Å². The fraction of sp³-hybridized carbons (Fsp3) is 0.133. The summed E-state index contributed by atoms with van der Waals surface area (Å²) in [6.45, 7) is -0.107. The lowest BCUT2D eigenvalue weighted by Crippen LogP contribution is -2.12. The molecular formula is C15H14ClNO4. The Hall–Kier alpha value is -2.24. The second-order valence-corrected chi connectivity index (χ2v) is 4.69. The van der Waals surface area contributed by atoms with Gasteiger partial charge >= 0.3 is 0 Å². The molecule has 0 unspecified atom stereocenters. The summed E-state index contributed by atoms with van der Waals surface area (Å²) < 4.78 is 10.9. The van der Waals surface area contributed by atoms with Gasteiger partial charge in [0.25, 0.3) is 5.91 Å². The highest BCUT2D eigenvalue weighted by Gasteiger charge is 2.13. The van der Waals surface area contributed by atoms with Crippen molar-refractivity contribution in [2.24, 2.45) is 5.73 Å². The fourth-order valence-electron chi connectivity index (χ4n) is 1.80. The van der Waals surface area contributed by atoms with E-state index in [2.05, 4.69) is 0 Å². The highest BCUT2D eigenvalue weighted by molar-refractivity contribution is 6.31. The van der Waals surface area contributed by atoms with Gasteiger partial charge in [0.05, 0.1) is 19.3 Å². The van der Waals surface area contributed by atoms with Crippen LogP contribution in [0, 0.1) is 0 Å². The van der Waals surface area contributed by atoms with Gasteiger partial charge in [0, 0.05) is 5.02 Å². The molecule has 0 spiro atoms. The molecule has 3 N–H and O–H groups in total. The van der Waals surface area contributed by atoms with Crippen molar-refractivity contribution in [2.45, 2.75) is 6.61 Å². The maximum absolute atomic E-state index is 11.4. The largest absolute Gasteiger partial charge is 0.493 e. The summed E-state index contributed by atoms with van der Waals surface area (Å²) in [6.07, 6.45) is 0. The van der Waals surface area contributed by atoms with Crippen LogP contribution in [0.3, 0.4) is 0 Å². The van der Waals surface area contributed by atoms with Gasteiger partial charge in [-0.3, -0.25) is 4.79 Å². The van der Waals surface area contributed by atoms with Crippen LogP contribution in [-0.2, 0) is 6.61 Å². The van der Waals surface area contributed by atoms with E-state index >= 15 is 0 Å². The van der Waals surface area contributed by atoms with E-state index < -0.39 is 5.91 Å². The Labute approximate surface area is 126 Å². The fourth-order valence-corrected chi connectivity index (χ4v) is 1.97. The molecular weight excluding hydrogens is 294 g/mol. The zero-order valence-electron chi connectivity index (χ0n) is 11.3. The molecule has 2 aromatic rings. The molecule has 2 rings (SSSR count). The van der Waals surface area contributed by atoms with Crippen molar-refractivity contribution >= 4 is 17.5 Å². The van der Waals surface area contributed by atoms with E-state index in [-0.39, 0.29) is 17.9 Å². The van der Waals surface area contributed by atoms with Crippen molar-refractivity contribution in [3.05, 3.63) is 52.5 Å². The summed E-state index contributed by atoms with van der Waals surface area (Å²) in [4.78, 5) is 11.4. The maximum atomic E-state index is 11.4. The van der Waals surface area contributed by atoms with E-state index in [1.807, 2.05) is 0 Å². The van der Waals surface area contributed by atoms with Crippen LogP contribution in [0.15, 0.2) is 36.4 Å². The Balaban J connectivity index is 2.40. The molecule has 0 aliphatic carbocycles. The third-order valence-electron chi connectivity index (χ3n) is 2.84. The normalized spacial score (nSPS) is 10.2. The second-order valence-electron chi connectivity index (χ2n) is 4.25. The Morgan fingerprint density at radius 1 is 1.19 bits per heavy atom. The zero-order chi connectivity index (χ0) is 15.4. The number of ether oxygens (including phenoxy) is 2. The predicted molar refractivity (Wildman–Crippen MR) is 79.0 cm³/mol. The summed E-state index contributed by atoms with van der Waals surface area (Å²) in [7, 11) is 1.49. The summed E-state index contributed by atoms with van der Waals surface area (Å²) in [5, 5.41) is 9.50. The molecule has 110 valence electrons. The molecule has 2 aromatic carbocycles. The van der Waals surface area contributed by atoms with Crippen molar-refractivity contribution < 1.29 is 19.4 Å². The van der Waals surface area contributed by atoms with Crippen LogP contribution in [0.1, 0.15) is 15.9 Å². The SMILES string of the molecule is COc1cc(CO)ccc1Oc1ccc(Cl)cc1C(N)=O. The molecule has 0 saturated heterocycles. The molecule has 0 aliphatic rings. The van der Waals surface area contributed by atoms with E-state index in [4.69, 9.17) is 31.9 Å². The molecule has 0 aromatic heterocycles. The maximum Gasteiger partial charge on any atom is 0.252 e. The average Bonchev–Trinajstić information content (AvgIpc) is 2.49. The lowest BCUT2D eigenvalue weighted by atomic mass is 10.2. The van der Waals surface area contributed by atoms with E-state index in [1.165, 1.54) is 13.2 Å². The first-order chi connectivity index (χ1) is 10.0. The highest BCUT2D eigenvalue weighted by Crippen LogP contribution is 2.34. The number of aliphatic hydroxyl groups excluding tert-OH is 1. The molecule has 21 heavy (non-hydrogen) atoms. The van der Waals surface area contributed by atoms with Gasteiger partial charge in [0.15, 0.2) is 11.5 Å². The van der Waals surface area contributed by atoms with Gasteiger partial charge in [-0.15, -0.1) is 0 Å². The van der Waals surface area contributed by atoms with Gasteiger partial charge in [-0.05, 0) is 35.9 Å². The quantitative estimate of drug-likeness (QED) is 0.890. The minimum Gasteiger partial charge on any atom is -0.493 e. The molecule has 0 saturated carbocycles. The van der Waals surface area contributed by atoms with Crippen molar-refractivity contribution in [3.8, 4) is 17.2 Å². The van der Waals surface area contributed by atoms with Gasteiger partial charge in [-0.2, -0.15) is 0 Å². The van der Waals surface area contributed by atoms with E-state index in [1.54, 1.807) is 30.3 Å².